The van der Waals surface area contributed by atoms with Crippen LogP contribution in [0.5, 0.6) is 0 Å². The van der Waals surface area contributed by atoms with Crippen molar-refractivity contribution in [2.45, 2.75) is 25.2 Å². The van der Waals surface area contributed by atoms with Gasteiger partial charge in [0.1, 0.15) is 5.01 Å². The van der Waals surface area contributed by atoms with Crippen LogP contribution in [0.1, 0.15) is 34.2 Å². The first-order valence-corrected chi connectivity index (χ1v) is 7.38. The first-order chi connectivity index (χ1) is 7.34. The van der Waals surface area contributed by atoms with E-state index in [1.165, 1.54) is 29.7 Å². The third kappa shape index (κ3) is 1.77. The van der Waals surface area contributed by atoms with E-state index in [0.29, 0.717) is 5.92 Å². The van der Waals surface area contributed by atoms with Crippen LogP contribution in [-0.4, -0.2) is 10.2 Å². The highest BCUT2D eigenvalue weighted by Gasteiger charge is 2.25. The van der Waals surface area contributed by atoms with Crippen LogP contribution >= 0.6 is 38.6 Å². The molecule has 3 rings (SSSR count). The van der Waals surface area contributed by atoms with Crippen molar-refractivity contribution in [3.05, 3.63) is 30.8 Å². The third-order valence-electron chi connectivity index (χ3n) is 2.77. The van der Waals surface area contributed by atoms with Gasteiger partial charge < -0.3 is 0 Å². The lowest BCUT2D eigenvalue weighted by molar-refractivity contribution is 0.617. The Morgan fingerprint density at radius 3 is 3.13 bits per heavy atom. The van der Waals surface area contributed by atoms with Gasteiger partial charge in [-0.15, -0.1) is 21.5 Å². The number of thiophene rings is 1. The number of aryl methyl sites for hydroxylation is 1. The molecule has 0 N–H and O–H groups in total. The zero-order chi connectivity index (χ0) is 10.3. The Labute approximate surface area is 104 Å². The van der Waals surface area contributed by atoms with Crippen LogP contribution in [0, 0.1) is 0 Å². The average molecular weight is 301 g/mol. The third-order valence-corrected chi connectivity index (χ3v) is 5.23. The topological polar surface area (TPSA) is 25.8 Å². The molecule has 2 aromatic rings. The maximum Gasteiger partial charge on any atom is 0.183 e. The average Bonchev–Trinajstić information content (AvgIpc) is 2.84. The fourth-order valence-electron chi connectivity index (χ4n) is 2.10. The van der Waals surface area contributed by atoms with Gasteiger partial charge in [0.2, 0.25) is 0 Å². The predicted octanol–water partition coefficient (Wildman–Crippen LogP) is 3.83. The van der Waals surface area contributed by atoms with Gasteiger partial charge in [0.25, 0.3) is 0 Å². The summed E-state index contributed by atoms with van der Waals surface area (Å²) in [5.74, 6) is 0.490. The van der Waals surface area contributed by atoms with Gasteiger partial charge in [0.05, 0.1) is 0 Å². The molecule has 0 bridgehead atoms. The number of halogens is 1. The number of aromatic nitrogens is 2. The molecule has 0 aromatic carbocycles. The molecule has 0 aliphatic heterocycles. The van der Waals surface area contributed by atoms with Crippen molar-refractivity contribution in [2.24, 2.45) is 0 Å². The monoisotopic (exact) mass is 300 g/mol. The lowest BCUT2D eigenvalue weighted by Gasteiger charge is -2.19. The normalized spacial score (nSPS) is 20.2. The van der Waals surface area contributed by atoms with Crippen molar-refractivity contribution in [3.63, 3.8) is 0 Å². The summed E-state index contributed by atoms with van der Waals surface area (Å²) in [6.45, 7) is 0. The Morgan fingerprint density at radius 2 is 2.33 bits per heavy atom. The maximum absolute atomic E-state index is 4.24. The predicted molar refractivity (Wildman–Crippen MR) is 66.7 cm³/mol. The molecule has 1 unspecified atom stereocenters. The molecule has 1 atom stereocenters. The zero-order valence-corrected chi connectivity index (χ0v) is 11.2. The van der Waals surface area contributed by atoms with Crippen LogP contribution in [-0.2, 0) is 6.42 Å². The Morgan fingerprint density at radius 1 is 1.40 bits per heavy atom. The van der Waals surface area contributed by atoms with E-state index in [9.17, 15) is 0 Å². The molecule has 1 aliphatic carbocycles. The van der Waals surface area contributed by atoms with Crippen LogP contribution in [0.4, 0.5) is 0 Å². The van der Waals surface area contributed by atoms with Crippen LogP contribution in [0.25, 0.3) is 0 Å². The van der Waals surface area contributed by atoms with Crippen molar-refractivity contribution < 1.29 is 0 Å². The Hall–Kier alpha value is -0.260. The van der Waals surface area contributed by atoms with Crippen LogP contribution in [0.2, 0.25) is 0 Å². The SMILES string of the molecule is Brc1nnc(C2CCCc3sccc32)s1. The van der Waals surface area contributed by atoms with Crippen molar-refractivity contribution in [1.29, 1.82) is 0 Å². The molecule has 5 heteroatoms. The van der Waals surface area contributed by atoms with Gasteiger partial charge in [0, 0.05) is 10.8 Å². The molecule has 0 saturated heterocycles. The number of fused-ring (bicyclic) bond motifs is 1. The van der Waals surface area contributed by atoms with Gasteiger partial charge >= 0.3 is 0 Å². The molecular weight excluding hydrogens is 292 g/mol. The van der Waals surface area contributed by atoms with E-state index in [2.05, 4.69) is 37.6 Å². The van der Waals surface area contributed by atoms with Gasteiger partial charge in [-0.25, -0.2) is 0 Å². The molecular formula is C10H9BrN2S2. The molecule has 2 nitrogen and oxygen atoms in total. The summed E-state index contributed by atoms with van der Waals surface area (Å²) in [6, 6.07) is 2.25. The molecule has 15 heavy (non-hydrogen) atoms. The quantitative estimate of drug-likeness (QED) is 0.800. The van der Waals surface area contributed by atoms with Gasteiger partial charge in [-0.1, -0.05) is 11.3 Å². The van der Waals surface area contributed by atoms with Gasteiger partial charge in [-0.3, -0.25) is 0 Å². The van der Waals surface area contributed by atoms with Gasteiger partial charge in [0.15, 0.2) is 3.92 Å². The fraction of sp³-hybridized carbons (Fsp3) is 0.400. The minimum absolute atomic E-state index is 0.490. The summed E-state index contributed by atoms with van der Waals surface area (Å²) < 4.78 is 0.889. The molecule has 0 fully saturated rings. The summed E-state index contributed by atoms with van der Waals surface area (Å²) in [6.07, 6.45) is 3.73. The summed E-state index contributed by atoms with van der Waals surface area (Å²) in [4.78, 5) is 1.54. The number of hydrogen-bond acceptors (Lipinski definition) is 4. The summed E-state index contributed by atoms with van der Waals surface area (Å²) in [5, 5.41) is 11.6. The van der Waals surface area contributed by atoms with E-state index in [1.54, 1.807) is 11.3 Å². The lowest BCUT2D eigenvalue weighted by Crippen LogP contribution is -2.08. The van der Waals surface area contributed by atoms with E-state index in [1.807, 2.05) is 11.3 Å². The van der Waals surface area contributed by atoms with E-state index in [-0.39, 0.29) is 0 Å². The van der Waals surface area contributed by atoms with Crippen LogP contribution in [0.15, 0.2) is 15.4 Å². The smallest absolute Gasteiger partial charge is 0.149 e. The van der Waals surface area contributed by atoms with Crippen LogP contribution < -0.4 is 0 Å². The lowest BCUT2D eigenvalue weighted by atomic mass is 9.88. The second-order valence-electron chi connectivity index (χ2n) is 3.64. The first kappa shape index (κ1) is 9.93. The summed E-state index contributed by atoms with van der Waals surface area (Å²) >= 11 is 6.91. The number of rotatable bonds is 1. The molecule has 0 radical (unpaired) electrons. The van der Waals surface area contributed by atoms with Gasteiger partial charge in [-0.2, -0.15) is 0 Å². The Balaban J connectivity index is 2.02. The molecule has 0 saturated carbocycles. The van der Waals surface area contributed by atoms with E-state index >= 15 is 0 Å². The second-order valence-corrected chi connectivity index (χ2v) is 6.92. The summed E-state index contributed by atoms with van der Waals surface area (Å²) in [7, 11) is 0. The first-order valence-electron chi connectivity index (χ1n) is 4.90. The van der Waals surface area contributed by atoms with Crippen molar-refractivity contribution in [2.75, 3.05) is 0 Å². The van der Waals surface area contributed by atoms with E-state index < -0.39 is 0 Å². The Kier molecular flexibility index (Phi) is 2.62. The van der Waals surface area contributed by atoms with E-state index in [4.69, 9.17) is 0 Å². The fourth-order valence-corrected chi connectivity index (χ4v) is 4.39. The zero-order valence-electron chi connectivity index (χ0n) is 7.94. The molecule has 1 aliphatic rings. The van der Waals surface area contributed by atoms with Crippen molar-refractivity contribution >= 4 is 38.6 Å². The Bertz CT molecular complexity index is 477. The minimum Gasteiger partial charge on any atom is -0.149 e. The summed E-state index contributed by atoms with van der Waals surface area (Å²) in [5.41, 5.74) is 1.48. The van der Waals surface area contributed by atoms with Crippen molar-refractivity contribution in [3.8, 4) is 0 Å². The highest BCUT2D eigenvalue weighted by Crippen LogP contribution is 2.40. The standard InChI is InChI=1S/C10H9BrN2S2/c11-10-13-12-9(15-10)7-2-1-3-8-6(7)4-5-14-8/h4-5,7H,1-3H2. The molecule has 0 amide bonds. The molecule has 2 aromatic heterocycles. The number of hydrogen-bond donors (Lipinski definition) is 0. The van der Waals surface area contributed by atoms with E-state index in [0.717, 1.165) is 8.92 Å². The largest absolute Gasteiger partial charge is 0.183 e. The molecule has 2 heterocycles. The highest BCUT2D eigenvalue weighted by atomic mass is 79.9. The minimum atomic E-state index is 0.490. The second kappa shape index (κ2) is 3.96. The molecule has 78 valence electrons. The van der Waals surface area contributed by atoms with Crippen molar-refractivity contribution in [1.82, 2.24) is 10.2 Å². The highest BCUT2D eigenvalue weighted by molar-refractivity contribution is 9.11. The molecule has 0 spiro atoms. The van der Waals surface area contributed by atoms with Crippen LogP contribution in [0.3, 0.4) is 0 Å². The maximum atomic E-state index is 4.24. The number of nitrogens with zero attached hydrogens (tertiary/aromatic N) is 2. The van der Waals surface area contributed by atoms with Gasteiger partial charge in [-0.05, 0) is 52.2 Å².